The van der Waals surface area contributed by atoms with E-state index in [9.17, 15) is 0 Å². The Kier molecular flexibility index (Phi) is 3.87. The molecular formula is C13H18BrNO. The molecule has 0 aromatic heterocycles. The van der Waals surface area contributed by atoms with Gasteiger partial charge in [0, 0.05) is 6.54 Å². The smallest absolute Gasteiger partial charge is 0.133 e. The van der Waals surface area contributed by atoms with E-state index in [1.807, 2.05) is 0 Å². The van der Waals surface area contributed by atoms with E-state index >= 15 is 0 Å². The van der Waals surface area contributed by atoms with Gasteiger partial charge in [0.05, 0.1) is 11.6 Å². The predicted molar refractivity (Wildman–Crippen MR) is 70.3 cm³/mol. The van der Waals surface area contributed by atoms with Crippen LogP contribution in [0.1, 0.15) is 30.4 Å². The molecule has 1 N–H and O–H groups in total. The molecule has 0 aliphatic carbocycles. The summed E-state index contributed by atoms with van der Waals surface area (Å²) in [6, 6.07) is 4.41. The number of hydrogen-bond donors (Lipinski definition) is 1. The Morgan fingerprint density at radius 1 is 1.50 bits per heavy atom. The molecule has 16 heavy (non-hydrogen) atoms. The summed E-state index contributed by atoms with van der Waals surface area (Å²) in [4.78, 5) is 0. The molecule has 0 saturated carbocycles. The fraction of sp³-hybridized carbons (Fsp3) is 0.538. The first kappa shape index (κ1) is 11.9. The van der Waals surface area contributed by atoms with E-state index < -0.39 is 0 Å². The maximum Gasteiger partial charge on any atom is 0.133 e. The fourth-order valence-electron chi connectivity index (χ4n) is 2.34. The number of ether oxygens (including phenoxy) is 1. The summed E-state index contributed by atoms with van der Waals surface area (Å²) in [7, 11) is 1.72. The van der Waals surface area contributed by atoms with Gasteiger partial charge in [0.15, 0.2) is 0 Å². The van der Waals surface area contributed by atoms with E-state index in [2.05, 4.69) is 40.3 Å². The van der Waals surface area contributed by atoms with Gasteiger partial charge >= 0.3 is 0 Å². The molecule has 0 unspecified atom stereocenters. The van der Waals surface area contributed by atoms with Crippen molar-refractivity contribution < 1.29 is 4.74 Å². The molecule has 1 aromatic rings. The van der Waals surface area contributed by atoms with Gasteiger partial charge in [0.25, 0.3) is 0 Å². The highest BCUT2D eigenvalue weighted by Crippen LogP contribution is 2.34. The molecule has 0 spiro atoms. The molecule has 2 nitrogen and oxygen atoms in total. The van der Waals surface area contributed by atoms with Crippen molar-refractivity contribution >= 4 is 15.9 Å². The first-order valence-electron chi connectivity index (χ1n) is 5.83. The Bertz CT molecular complexity index is 378. The molecule has 2 rings (SSSR count). The number of methoxy groups -OCH3 is 1. The first-order chi connectivity index (χ1) is 7.76. The molecule has 88 valence electrons. The summed E-state index contributed by atoms with van der Waals surface area (Å²) in [6.07, 6.45) is 2.27. The van der Waals surface area contributed by atoms with Crippen LogP contribution in [0, 0.1) is 0 Å². The molecule has 1 heterocycles. The average molecular weight is 284 g/mol. The van der Waals surface area contributed by atoms with Crippen LogP contribution in [0.25, 0.3) is 0 Å². The Labute approximate surface area is 106 Å². The minimum Gasteiger partial charge on any atom is -0.496 e. The quantitative estimate of drug-likeness (QED) is 0.901. The van der Waals surface area contributed by atoms with E-state index in [1.54, 1.807) is 7.11 Å². The van der Waals surface area contributed by atoms with Crippen molar-refractivity contribution in [3.63, 3.8) is 0 Å². The number of hydrogen-bond acceptors (Lipinski definition) is 2. The normalized spacial score (nSPS) is 20.1. The van der Waals surface area contributed by atoms with E-state index in [0.29, 0.717) is 5.92 Å². The van der Waals surface area contributed by atoms with Gasteiger partial charge in [-0.1, -0.05) is 6.92 Å². The van der Waals surface area contributed by atoms with Crippen LogP contribution in [0.5, 0.6) is 5.75 Å². The molecule has 1 aromatic carbocycles. The molecule has 0 saturated heterocycles. The lowest BCUT2D eigenvalue weighted by molar-refractivity contribution is 0.411. The molecule has 1 aliphatic rings. The van der Waals surface area contributed by atoms with Crippen molar-refractivity contribution in [1.82, 2.24) is 5.32 Å². The van der Waals surface area contributed by atoms with Gasteiger partial charge < -0.3 is 10.1 Å². The van der Waals surface area contributed by atoms with Gasteiger partial charge in [-0.2, -0.15) is 0 Å². The average Bonchev–Trinajstić information content (AvgIpc) is 2.49. The van der Waals surface area contributed by atoms with Crippen molar-refractivity contribution in [2.75, 3.05) is 20.2 Å². The van der Waals surface area contributed by atoms with E-state index in [4.69, 9.17) is 4.74 Å². The van der Waals surface area contributed by atoms with Crippen LogP contribution in [0.15, 0.2) is 16.6 Å². The number of rotatable bonds is 2. The molecule has 0 radical (unpaired) electrons. The standard InChI is InChI=1S/C13H18BrNO/c1-3-9-8-15-5-4-10-6-13(16-2)12(14)7-11(9)10/h6-7,9,15H,3-5,8H2,1-2H3/t9-/m0/s1. The fourth-order valence-corrected chi connectivity index (χ4v) is 2.86. The van der Waals surface area contributed by atoms with Gasteiger partial charge in [-0.25, -0.2) is 0 Å². The molecule has 0 amide bonds. The Morgan fingerprint density at radius 3 is 3.00 bits per heavy atom. The minimum atomic E-state index is 0.625. The first-order valence-corrected chi connectivity index (χ1v) is 6.62. The zero-order chi connectivity index (χ0) is 11.5. The van der Waals surface area contributed by atoms with Gasteiger partial charge in [-0.3, -0.25) is 0 Å². The second kappa shape index (κ2) is 5.19. The van der Waals surface area contributed by atoms with Gasteiger partial charge in [-0.15, -0.1) is 0 Å². The van der Waals surface area contributed by atoms with Crippen LogP contribution in [0.4, 0.5) is 0 Å². The number of fused-ring (bicyclic) bond motifs is 1. The summed E-state index contributed by atoms with van der Waals surface area (Å²) in [5.74, 6) is 1.57. The lowest BCUT2D eigenvalue weighted by atomic mass is 9.92. The Morgan fingerprint density at radius 2 is 2.31 bits per heavy atom. The van der Waals surface area contributed by atoms with E-state index in [0.717, 1.165) is 29.7 Å². The third-order valence-corrected chi connectivity index (χ3v) is 3.93. The minimum absolute atomic E-state index is 0.625. The molecule has 3 heteroatoms. The van der Waals surface area contributed by atoms with Gasteiger partial charge in [0.2, 0.25) is 0 Å². The third-order valence-electron chi connectivity index (χ3n) is 3.31. The summed E-state index contributed by atoms with van der Waals surface area (Å²) in [5, 5.41) is 3.50. The van der Waals surface area contributed by atoms with Gasteiger partial charge in [0.1, 0.15) is 5.75 Å². The topological polar surface area (TPSA) is 21.3 Å². The number of benzene rings is 1. The van der Waals surface area contributed by atoms with Crippen molar-refractivity contribution in [1.29, 1.82) is 0 Å². The highest BCUT2D eigenvalue weighted by molar-refractivity contribution is 9.10. The molecule has 0 fully saturated rings. The summed E-state index contributed by atoms with van der Waals surface area (Å²) < 4.78 is 6.42. The van der Waals surface area contributed by atoms with E-state index in [-0.39, 0.29) is 0 Å². The van der Waals surface area contributed by atoms with Crippen molar-refractivity contribution in [2.45, 2.75) is 25.7 Å². The second-order valence-corrected chi connectivity index (χ2v) is 5.10. The third kappa shape index (κ3) is 2.25. The largest absolute Gasteiger partial charge is 0.496 e. The second-order valence-electron chi connectivity index (χ2n) is 4.24. The monoisotopic (exact) mass is 283 g/mol. The van der Waals surface area contributed by atoms with E-state index in [1.165, 1.54) is 17.5 Å². The van der Waals surface area contributed by atoms with Crippen LogP contribution < -0.4 is 10.1 Å². The highest BCUT2D eigenvalue weighted by Gasteiger charge is 2.18. The highest BCUT2D eigenvalue weighted by atomic mass is 79.9. The SMILES string of the molecule is CC[C@H]1CNCCc2cc(OC)c(Br)cc21. The molecule has 1 atom stereocenters. The Balaban J connectivity index is 2.45. The van der Waals surface area contributed by atoms with Crippen LogP contribution >= 0.6 is 15.9 Å². The predicted octanol–water partition coefficient (Wildman–Crippen LogP) is 3.10. The van der Waals surface area contributed by atoms with Crippen molar-refractivity contribution in [3.05, 3.63) is 27.7 Å². The Hall–Kier alpha value is -0.540. The number of halogens is 1. The maximum absolute atomic E-state index is 5.35. The van der Waals surface area contributed by atoms with Gasteiger partial charge in [-0.05, 0) is 64.5 Å². The van der Waals surface area contributed by atoms with Crippen molar-refractivity contribution in [3.8, 4) is 5.75 Å². The van der Waals surface area contributed by atoms with Crippen LogP contribution in [-0.4, -0.2) is 20.2 Å². The summed E-state index contributed by atoms with van der Waals surface area (Å²) >= 11 is 3.57. The molecular weight excluding hydrogens is 266 g/mol. The summed E-state index contributed by atoms with van der Waals surface area (Å²) in [6.45, 7) is 4.40. The zero-order valence-corrected chi connectivity index (χ0v) is 11.4. The lowest BCUT2D eigenvalue weighted by Gasteiger charge is -2.17. The molecule has 0 bridgehead atoms. The number of nitrogens with one attached hydrogen (secondary N) is 1. The van der Waals surface area contributed by atoms with Crippen molar-refractivity contribution in [2.24, 2.45) is 0 Å². The lowest BCUT2D eigenvalue weighted by Crippen LogP contribution is -2.19. The zero-order valence-electron chi connectivity index (χ0n) is 9.85. The van der Waals surface area contributed by atoms with Crippen LogP contribution in [0.2, 0.25) is 0 Å². The van der Waals surface area contributed by atoms with Crippen LogP contribution in [0.3, 0.4) is 0 Å². The summed E-state index contributed by atoms with van der Waals surface area (Å²) in [5.41, 5.74) is 2.90. The molecule has 1 aliphatic heterocycles. The van der Waals surface area contributed by atoms with Crippen LogP contribution in [-0.2, 0) is 6.42 Å². The maximum atomic E-state index is 5.35.